The van der Waals surface area contributed by atoms with Crippen molar-refractivity contribution in [3.8, 4) is 0 Å². The number of rotatable bonds is 6. The number of fused-ring (bicyclic) bond motifs is 3. The van der Waals surface area contributed by atoms with E-state index in [1.54, 1.807) is 34.0 Å². The second-order valence-electron chi connectivity index (χ2n) is 18.7. The molecule has 6 aliphatic heterocycles. The van der Waals surface area contributed by atoms with Crippen LogP contribution in [-0.4, -0.2) is 141 Å². The van der Waals surface area contributed by atoms with Gasteiger partial charge in [-0.15, -0.1) is 0 Å². The van der Waals surface area contributed by atoms with Crippen LogP contribution in [0.3, 0.4) is 0 Å². The Bertz CT molecular complexity index is 2270. The molecule has 0 spiro atoms. The molecule has 0 saturated carbocycles. The van der Waals surface area contributed by atoms with Crippen molar-refractivity contribution in [2.45, 2.75) is 114 Å². The lowest BCUT2D eigenvalue weighted by molar-refractivity contribution is 0.141. The van der Waals surface area contributed by atoms with E-state index in [2.05, 4.69) is 94.4 Å². The van der Waals surface area contributed by atoms with Gasteiger partial charge in [-0.25, -0.2) is 15.0 Å². The molecule has 6 aromatic heterocycles. The van der Waals surface area contributed by atoms with Crippen molar-refractivity contribution in [2.75, 3.05) is 93.2 Å². The molecule has 0 N–H and O–H groups in total. The fourth-order valence-corrected chi connectivity index (χ4v) is 14.8. The Morgan fingerprint density at radius 1 is 0.415 bits per heavy atom. The monoisotopic (exact) mass is 1060 g/mol. The van der Waals surface area contributed by atoms with Gasteiger partial charge >= 0.3 is 0 Å². The van der Waals surface area contributed by atoms with E-state index in [4.69, 9.17) is 15.0 Å². The van der Waals surface area contributed by atoms with Crippen molar-refractivity contribution in [3.63, 3.8) is 0 Å². The highest BCUT2D eigenvalue weighted by Gasteiger charge is 2.30. The normalized spacial score (nSPS) is 21.7. The Balaban J connectivity index is 0.000000115. The van der Waals surface area contributed by atoms with Crippen LogP contribution in [0.5, 0.6) is 0 Å². The van der Waals surface area contributed by atoms with Crippen LogP contribution in [0.15, 0.2) is 51.8 Å². The fraction of sp³-hybridized carbons (Fsp3) is 0.625. The molecule has 6 fully saturated rings. The minimum atomic E-state index is 0.790. The number of piperidine rings is 6. The van der Waals surface area contributed by atoms with Crippen LogP contribution in [0.1, 0.15) is 96.3 Å². The predicted octanol–water partition coefficient (Wildman–Crippen LogP) is 11.0. The highest BCUT2D eigenvalue weighted by atomic mass is 79.9. The topological polar surface area (TPSA) is 96.8 Å². The van der Waals surface area contributed by atoms with E-state index >= 15 is 0 Å². The molecule has 12 rings (SSSR count). The van der Waals surface area contributed by atoms with Gasteiger partial charge in [-0.05, 0) is 172 Å². The van der Waals surface area contributed by atoms with Crippen LogP contribution >= 0.6 is 65.9 Å². The summed E-state index contributed by atoms with van der Waals surface area (Å²) in [5.74, 6) is 0. The number of likely N-dealkylation sites (tertiary alicyclic amines) is 3. The predicted molar refractivity (Wildman–Crippen MR) is 280 cm³/mol. The molecule has 0 amide bonds. The summed E-state index contributed by atoms with van der Waals surface area (Å²) in [4.78, 5) is 42.8. The third-order valence-corrected chi connectivity index (χ3v) is 18.5. The molecule has 0 aliphatic carbocycles. The van der Waals surface area contributed by atoms with Crippen LogP contribution in [0.4, 0.5) is 15.4 Å². The van der Waals surface area contributed by atoms with Crippen molar-refractivity contribution in [1.29, 1.82) is 0 Å². The van der Waals surface area contributed by atoms with Gasteiger partial charge in [-0.2, -0.15) is 15.0 Å². The number of anilines is 3. The quantitative estimate of drug-likeness (QED) is 0.159. The van der Waals surface area contributed by atoms with Gasteiger partial charge in [0.1, 0.15) is 0 Å². The van der Waals surface area contributed by atoms with Gasteiger partial charge in [0.15, 0.2) is 32.3 Å². The number of pyridine rings is 3. The minimum Gasteiger partial charge on any atom is -0.348 e. The first kappa shape index (κ1) is 46.1. The van der Waals surface area contributed by atoms with E-state index in [-0.39, 0.29) is 0 Å². The molecule has 6 aromatic rings. The van der Waals surface area contributed by atoms with Crippen LogP contribution in [0, 0.1) is 0 Å². The number of nitrogens with zero attached hydrogens (tertiary/aromatic N) is 12. The van der Waals surface area contributed by atoms with Gasteiger partial charge in [-0.3, -0.25) is 0 Å². The zero-order valence-electron chi connectivity index (χ0n) is 37.7. The van der Waals surface area contributed by atoms with Gasteiger partial charge in [0.25, 0.3) is 0 Å². The van der Waals surface area contributed by atoms with Crippen LogP contribution < -0.4 is 14.7 Å². The van der Waals surface area contributed by atoms with E-state index in [1.165, 1.54) is 150 Å². The summed E-state index contributed by atoms with van der Waals surface area (Å²) in [6, 6.07) is 10.7. The molecule has 0 atom stereocenters. The molecular formula is C48H64Br2N12S3. The van der Waals surface area contributed by atoms with Crippen LogP contribution in [0.25, 0.3) is 31.0 Å². The lowest BCUT2D eigenvalue weighted by Crippen LogP contribution is -2.46. The number of hydrogen-bond acceptors (Lipinski definition) is 15. The van der Waals surface area contributed by atoms with Crippen LogP contribution in [0.2, 0.25) is 0 Å². The Morgan fingerprint density at radius 2 is 0.754 bits per heavy atom. The van der Waals surface area contributed by atoms with Crippen LogP contribution in [-0.2, 0) is 0 Å². The fourth-order valence-electron chi connectivity index (χ4n) is 10.8. The van der Waals surface area contributed by atoms with Gasteiger partial charge in [0.05, 0.1) is 14.1 Å². The van der Waals surface area contributed by atoms with Crippen molar-refractivity contribution in [3.05, 3.63) is 51.8 Å². The Hall–Kier alpha value is -2.64. The third kappa shape index (κ3) is 11.6. The highest BCUT2D eigenvalue weighted by Crippen LogP contribution is 2.35. The maximum atomic E-state index is 4.71. The standard InChI is InChI=1S/2C16H21BrN4S.C16H22N4S/c2*17-12-10-14-15(18-11-12)19-16(22-14)21-8-4-13(5-9-21)20-6-2-1-3-7-20;1-2-9-19(10-3-1)13-6-11-20(12-7-13)16-18-15-14(21-16)5-4-8-17-15/h2*10-11,13H,1-9H2;4-5,8,13H,1-3,6-7,9-12H2. The maximum Gasteiger partial charge on any atom is 0.188 e. The number of halogens is 2. The van der Waals surface area contributed by atoms with E-state index in [9.17, 15) is 0 Å². The summed E-state index contributed by atoms with van der Waals surface area (Å²) < 4.78 is 5.59. The number of hydrogen-bond donors (Lipinski definition) is 0. The summed E-state index contributed by atoms with van der Waals surface area (Å²) >= 11 is 12.3. The van der Waals surface area contributed by atoms with Gasteiger partial charge in [0, 0.05) is 84.9 Å². The molecule has 12 heterocycles. The summed E-state index contributed by atoms with van der Waals surface area (Å²) in [6.45, 7) is 14.7. The summed E-state index contributed by atoms with van der Waals surface area (Å²) in [5.41, 5.74) is 2.65. The Morgan fingerprint density at radius 3 is 1.11 bits per heavy atom. The molecule has 6 aliphatic rings. The molecule has 17 heteroatoms. The summed E-state index contributed by atoms with van der Waals surface area (Å²) in [7, 11) is 0. The largest absolute Gasteiger partial charge is 0.348 e. The van der Waals surface area contributed by atoms with Crippen molar-refractivity contribution < 1.29 is 0 Å². The van der Waals surface area contributed by atoms with Crippen molar-refractivity contribution in [1.82, 2.24) is 44.6 Å². The first-order chi connectivity index (χ1) is 32.0. The van der Waals surface area contributed by atoms with E-state index in [0.717, 1.165) is 98.7 Å². The Labute approximate surface area is 413 Å². The second-order valence-corrected chi connectivity index (χ2v) is 23.6. The number of aromatic nitrogens is 6. The molecule has 0 radical (unpaired) electrons. The highest BCUT2D eigenvalue weighted by molar-refractivity contribution is 9.10. The van der Waals surface area contributed by atoms with Gasteiger partial charge in [-0.1, -0.05) is 53.3 Å². The Kier molecular flexibility index (Phi) is 15.7. The zero-order valence-corrected chi connectivity index (χ0v) is 43.3. The van der Waals surface area contributed by atoms with Crippen molar-refractivity contribution >= 4 is 112 Å². The molecule has 0 aromatic carbocycles. The zero-order chi connectivity index (χ0) is 44.0. The second kappa shape index (κ2) is 22.2. The minimum absolute atomic E-state index is 0.790. The molecule has 65 heavy (non-hydrogen) atoms. The van der Waals surface area contributed by atoms with Gasteiger partial charge < -0.3 is 29.4 Å². The first-order valence-corrected chi connectivity index (χ1v) is 28.6. The molecular weight excluding hydrogens is 1000 g/mol. The average Bonchev–Trinajstić information content (AvgIpc) is 4.13. The summed E-state index contributed by atoms with van der Waals surface area (Å²) in [6.07, 6.45) is 25.7. The first-order valence-electron chi connectivity index (χ1n) is 24.5. The maximum absolute atomic E-state index is 4.71. The molecule has 12 nitrogen and oxygen atoms in total. The molecule has 0 unspecified atom stereocenters. The van der Waals surface area contributed by atoms with E-state index in [0.29, 0.717) is 0 Å². The van der Waals surface area contributed by atoms with Crippen molar-refractivity contribution in [2.24, 2.45) is 0 Å². The lowest BCUT2D eigenvalue weighted by atomic mass is 10.0. The summed E-state index contributed by atoms with van der Waals surface area (Å²) in [5, 5.41) is 3.43. The lowest BCUT2D eigenvalue weighted by Gasteiger charge is -2.40. The average molecular weight is 1070 g/mol. The van der Waals surface area contributed by atoms with Gasteiger partial charge in [0.2, 0.25) is 0 Å². The molecule has 348 valence electrons. The number of thiazole rings is 3. The van der Waals surface area contributed by atoms with E-state index in [1.807, 2.05) is 24.7 Å². The SMILES string of the molecule is Brc1cnc2nc(N3CCC(N4CCCCC4)CC3)sc2c1.Brc1cnc2nc(N3CCC(N4CCCCC4)CC3)sc2c1.c1cnc2nc(N3CCC(N4CCCCC4)CC3)sc2c1. The third-order valence-electron chi connectivity index (χ3n) is 14.5. The smallest absolute Gasteiger partial charge is 0.188 e. The molecule has 6 saturated heterocycles. The molecule has 0 bridgehead atoms. The van der Waals surface area contributed by atoms with E-state index < -0.39 is 0 Å².